The zero-order valence-corrected chi connectivity index (χ0v) is 24.2. The second-order valence-corrected chi connectivity index (χ2v) is 16.4. The van der Waals surface area contributed by atoms with Gasteiger partial charge in [0.1, 0.15) is 8.07 Å². The Bertz CT molecular complexity index is 2190. The third kappa shape index (κ3) is 2.71. The Hall–Kier alpha value is -4.66. The highest BCUT2D eigenvalue weighted by Gasteiger charge is 2.53. The van der Waals surface area contributed by atoms with Crippen molar-refractivity contribution in [3.8, 4) is 16.8 Å². The van der Waals surface area contributed by atoms with E-state index in [9.17, 15) is 0 Å². The second kappa shape index (κ2) is 7.96. The second-order valence-electron chi connectivity index (χ2n) is 12.1. The van der Waals surface area contributed by atoms with Gasteiger partial charge < -0.3 is 4.57 Å². The van der Waals surface area contributed by atoms with Gasteiger partial charge in [-0.1, -0.05) is 140 Å². The van der Waals surface area contributed by atoms with Crippen molar-refractivity contribution in [2.75, 3.05) is 0 Å². The fourth-order valence-corrected chi connectivity index (χ4v) is 11.9. The number of benzene rings is 6. The maximum absolute atomic E-state index is 2.55. The summed E-state index contributed by atoms with van der Waals surface area (Å²) >= 11 is 0. The SMILES string of the molecule is C[Si]1(C)c2ccccc2C2(c3ccccc3-n3c4ccccc4c4cccc2c43)c2cccc(-c3ccccc3)c21. The van der Waals surface area contributed by atoms with Crippen molar-refractivity contribution in [1.29, 1.82) is 0 Å². The molecule has 1 nitrogen and oxygen atoms in total. The molecule has 1 unspecified atom stereocenters. The van der Waals surface area contributed by atoms with E-state index in [1.165, 1.54) is 66.1 Å². The van der Waals surface area contributed by atoms with Crippen LogP contribution in [0.15, 0.2) is 140 Å². The molecular formula is C39H29NSi. The molecule has 0 saturated carbocycles. The lowest BCUT2D eigenvalue weighted by Crippen LogP contribution is -2.64. The minimum absolute atomic E-state index is 0.417. The Labute approximate surface area is 241 Å². The number of rotatable bonds is 1. The summed E-state index contributed by atoms with van der Waals surface area (Å²) in [4.78, 5) is 0. The summed E-state index contributed by atoms with van der Waals surface area (Å²) in [6.45, 7) is 5.10. The first-order valence-corrected chi connectivity index (χ1v) is 17.6. The molecule has 2 aliphatic heterocycles. The van der Waals surface area contributed by atoms with Crippen LogP contribution in [0.4, 0.5) is 0 Å². The number of aromatic nitrogens is 1. The average Bonchev–Trinajstić information content (AvgIpc) is 3.37. The molecule has 0 fully saturated rings. The largest absolute Gasteiger partial charge is 0.309 e. The number of hydrogen-bond acceptors (Lipinski definition) is 0. The van der Waals surface area contributed by atoms with Crippen LogP contribution in [0.1, 0.15) is 22.3 Å². The molecule has 0 amide bonds. The lowest BCUT2D eigenvalue weighted by molar-refractivity contribution is 0.732. The van der Waals surface area contributed by atoms with Crippen molar-refractivity contribution >= 4 is 40.3 Å². The van der Waals surface area contributed by atoms with Crippen LogP contribution in [0.25, 0.3) is 38.6 Å². The van der Waals surface area contributed by atoms with Gasteiger partial charge in [-0.05, 0) is 55.9 Å². The summed E-state index contributed by atoms with van der Waals surface area (Å²) in [5.41, 5.74) is 11.8. The first kappa shape index (κ1) is 23.1. The van der Waals surface area contributed by atoms with Crippen molar-refractivity contribution < 1.29 is 0 Å². The monoisotopic (exact) mass is 539 g/mol. The van der Waals surface area contributed by atoms with Gasteiger partial charge in [-0.3, -0.25) is 0 Å². The molecule has 0 bridgehead atoms. The molecular weight excluding hydrogens is 511 g/mol. The van der Waals surface area contributed by atoms with Crippen LogP contribution >= 0.6 is 0 Å². The predicted octanol–water partition coefficient (Wildman–Crippen LogP) is 8.28. The van der Waals surface area contributed by atoms with Gasteiger partial charge in [0, 0.05) is 10.8 Å². The minimum Gasteiger partial charge on any atom is -0.309 e. The van der Waals surface area contributed by atoms with Gasteiger partial charge in [-0.2, -0.15) is 0 Å². The van der Waals surface area contributed by atoms with Crippen LogP contribution in [-0.2, 0) is 5.41 Å². The van der Waals surface area contributed by atoms with E-state index in [1.807, 2.05) is 0 Å². The molecule has 0 saturated heterocycles. The number of hydrogen-bond donors (Lipinski definition) is 0. The molecule has 0 aliphatic carbocycles. The summed E-state index contributed by atoms with van der Waals surface area (Å²) in [7, 11) is -2.10. The smallest absolute Gasteiger partial charge is 0.113 e. The van der Waals surface area contributed by atoms with E-state index in [-0.39, 0.29) is 0 Å². The standard InChI is InChI=1S/C39H29NSi/c1-41(2)36-25-11-8-20-31(36)39(33-22-12-17-27(38(33)41)26-14-4-3-5-15-26)30-19-7-10-24-35(30)40-34-23-9-6-16-28(34)29-18-13-21-32(39)37(29)40/h3-25H,1-2H3. The highest BCUT2D eigenvalue weighted by atomic mass is 28.3. The Morgan fingerprint density at radius 3 is 2.02 bits per heavy atom. The van der Waals surface area contributed by atoms with E-state index in [0.717, 1.165) is 0 Å². The summed E-state index contributed by atoms with van der Waals surface area (Å²) in [5, 5.41) is 5.73. The van der Waals surface area contributed by atoms with E-state index in [0.29, 0.717) is 0 Å². The van der Waals surface area contributed by atoms with Crippen LogP contribution < -0.4 is 10.4 Å². The molecule has 1 atom stereocenters. The molecule has 6 aromatic carbocycles. The normalized spacial score (nSPS) is 17.8. The van der Waals surface area contributed by atoms with Crippen LogP contribution in [0.2, 0.25) is 13.1 Å². The third-order valence-electron chi connectivity index (χ3n) is 9.83. The fourth-order valence-electron chi connectivity index (χ4n) is 8.31. The first-order chi connectivity index (χ1) is 20.1. The number of fused-ring (bicyclic) bond motifs is 11. The van der Waals surface area contributed by atoms with Crippen LogP contribution in [0.3, 0.4) is 0 Å². The Balaban J connectivity index is 1.56. The molecule has 2 aliphatic rings. The van der Waals surface area contributed by atoms with E-state index >= 15 is 0 Å². The summed E-state index contributed by atoms with van der Waals surface area (Å²) in [6.07, 6.45) is 0. The van der Waals surface area contributed by atoms with Gasteiger partial charge in [0.25, 0.3) is 0 Å². The summed E-state index contributed by atoms with van der Waals surface area (Å²) in [5.74, 6) is 0. The van der Waals surface area contributed by atoms with Gasteiger partial charge in [-0.25, -0.2) is 0 Å². The molecule has 41 heavy (non-hydrogen) atoms. The van der Waals surface area contributed by atoms with Crippen LogP contribution in [0.5, 0.6) is 0 Å². The molecule has 7 aromatic rings. The number of nitrogens with zero attached hydrogens (tertiary/aromatic N) is 1. The van der Waals surface area contributed by atoms with Gasteiger partial charge in [0.15, 0.2) is 0 Å². The molecule has 9 rings (SSSR count). The van der Waals surface area contributed by atoms with Gasteiger partial charge in [0.2, 0.25) is 0 Å². The molecule has 194 valence electrons. The first-order valence-electron chi connectivity index (χ1n) is 14.6. The molecule has 1 aromatic heterocycles. The van der Waals surface area contributed by atoms with Crippen molar-refractivity contribution in [3.05, 3.63) is 162 Å². The average molecular weight is 540 g/mol. The zero-order valence-electron chi connectivity index (χ0n) is 23.2. The number of para-hydroxylation sites is 3. The molecule has 0 N–H and O–H groups in total. The summed E-state index contributed by atoms with van der Waals surface area (Å²) in [6, 6.07) is 52.6. The summed E-state index contributed by atoms with van der Waals surface area (Å²) < 4.78 is 2.53. The van der Waals surface area contributed by atoms with E-state index in [4.69, 9.17) is 0 Å². The van der Waals surface area contributed by atoms with Gasteiger partial charge in [-0.15, -0.1) is 0 Å². The van der Waals surface area contributed by atoms with E-state index in [1.54, 1.807) is 5.19 Å². The molecule has 1 spiro atoms. The van der Waals surface area contributed by atoms with Crippen molar-refractivity contribution in [1.82, 2.24) is 4.57 Å². The Morgan fingerprint density at radius 2 is 1.15 bits per heavy atom. The van der Waals surface area contributed by atoms with Gasteiger partial charge in [0.05, 0.1) is 22.1 Å². The Kier molecular flexibility index (Phi) is 4.48. The zero-order chi connectivity index (χ0) is 27.3. The maximum atomic E-state index is 2.55. The lowest BCUT2D eigenvalue weighted by atomic mass is 9.62. The highest BCUT2D eigenvalue weighted by molar-refractivity contribution is 7.02. The van der Waals surface area contributed by atoms with Crippen molar-refractivity contribution in [2.45, 2.75) is 18.5 Å². The topological polar surface area (TPSA) is 4.93 Å². The van der Waals surface area contributed by atoms with Gasteiger partial charge >= 0.3 is 0 Å². The van der Waals surface area contributed by atoms with Crippen LogP contribution in [-0.4, -0.2) is 12.6 Å². The predicted molar refractivity (Wildman–Crippen MR) is 175 cm³/mol. The molecule has 3 heterocycles. The Morgan fingerprint density at radius 1 is 0.512 bits per heavy atom. The fraction of sp³-hybridized carbons (Fsp3) is 0.0769. The lowest BCUT2D eigenvalue weighted by Gasteiger charge is -2.50. The van der Waals surface area contributed by atoms with Crippen molar-refractivity contribution in [3.63, 3.8) is 0 Å². The van der Waals surface area contributed by atoms with E-state index < -0.39 is 13.5 Å². The quantitative estimate of drug-likeness (QED) is 0.185. The third-order valence-corrected chi connectivity index (χ3v) is 13.4. The highest BCUT2D eigenvalue weighted by Crippen LogP contribution is 2.55. The maximum Gasteiger partial charge on any atom is 0.113 e. The van der Waals surface area contributed by atoms with E-state index in [2.05, 4.69) is 157 Å². The van der Waals surface area contributed by atoms with Crippen molar-refractivity contribution in [2.24, 2.45) is 0 Å². The molecule has 2 heteroatoms. The minimum atomic E-state index is -2.10. The molecule has 0 radical (unpaired) electrons. The van der Waals surface area contributed by atoms with Crippen LogP contribution in [0, 0.1) is 0 Å².